The van der Waals surface area contributed by atoms with E-state index >= 15 is 0 Å². The SMILES string of the molecule is CC(C)CC(=O)Nc1ncc(-c2ccc(F)cc2)nc1Cc1ccccc1. The maximum Gasteiger partial charge on any atom is 0.225 e. The molecule has 0 spiro atoms. The molecule has 4 nitrogen and oxygen atoms in total. The van der Waals surface area contributed by atoms with Gasteiger partial charge in [-0.15, -0.1) is 0 Å². The molecule has 138 valence electrons. The van der Waals surface area contributed by atoms with Gasteiger partial charge in [0.15, 0.2) is 5.82 Å². The lowest BCUT2D eigenvalue weighted by Gasteiger charge is -2.12. The molecular weight excluding hydrogens is 341 g/mol. The summed E-state index contributed by atoms with van der Waals surface area (Å²) in [5, 5.41) is 2.88. The lowest BCUT2D eigenvalue weighted by Crippen LogP contribution is -2.17. The van der Waals surface area contributed by atoms with Crippen LogP contribution in [-0.2, 0) is 11.2 Å². The van der Waals surface area contributed by atoms with Crippen LogP contribution in [0.2, 0.25) is 0 Å². The van der Waals surface area contributed by atoms with E-state index in [0.29, 0.717) is 30.0 Å². The number of aromatic nitrogens is 2. The van der Waals surface area contributed by atoms with E-state index in [1.165, 1.54) is 12.1 Å². The third kappa shape index (κ3) is 5.20. The summed E-state index contributed by atoms with van der Waals surface area (Å²) in [4.78, 5) is 21.3. The van der Waals surface area contributed by atoms with E-state index in [-0.39, 0.29) is 17.6 Å². The van der Waals surface area contributed by atoms with Crippen molar-refractivity contribution in [1.82, 2.24) is 9.97 Å². The summed E-state index contributed by atoms with van der Waals surface area (Å²) in [7, 11) is 0. The molecule has 3 aromatic rings. The van der Waals surface area contributed by atoms with E-state index in [0.717, 1.165) is 11.1 Å². The van der Waals surface area contributed by atoms with Crippen LogP contribution >= 0.6 is 0 Å². The lowest BCUT2D eigenvalue weighted by atomic mass is 10.1. The number of carbonyl (C=O) groups excluding carboxylic acids is 1. The highest BCUT2D eigenvalue weighted by atomic mass is 19.1. The zero-order valence-corrected chi connectivity index (χ0v) is 15.4. The van der Waals surface area contributed by atoms with Gasteiger partial charge in [-0.3, -0.25) is 4.79 Å². The van der Waals surface area contributed by atoms with Crippen molar-refractivity contribution < 1.29 is 9.18 Å². The number of nitrogens with one attached hydrogen (secondary N) is 1. The van der Waals surface area contributed by atoms with Gasteiger partial charge in [0.05, 0.1) is 17.6 Å². The molecule has 1 heterocycles. The first-order valence-corrected chi connectivity index (χ1v) is 8.97. The largest absolute Gasteiger partial charge is 0.309 e. The first-order valence-electron chi connectivity index (χ1n) is 8.97. The molecule has 0 aliphatic heterocycles. The minimum atomic E-state index is -0.297. The molecular formula is C22H22FN3O. The Morgan fingerprint density at radius 3 is 2.44 bits per heavy atom. The van der Waals surface area contributed by atoms with Gasteiger partial charge < -0.3 is 5.32 Å². The summed E-state index contributed by atoms with van der Waals surface area (Å²) in [5.74, 6) is 0.348. The van der Waals surface area contributed by atoms with Crippen molar-refractivity contribution in [3.8, 4) is 11.3 Å². The quantitative estimate of drug-likeness (QED) is 0.680. The van der Waals surface area contributed by atoms with Crippen molar-refractivity contribution in [2.45, 2.75) is 26.7 Å². The van der Waals surface area contributed by atoms with Gasteiger partial charge in [-0.25, -0.2) is 14.4 Å². The molecule has 1 N–H and O–H groups in total. The number of anilines is 1. The fourth-order valence-electron chi connectivity index (χ4n) is 2.76. The molecule has 3 rings (SSSR count). The van der Waals surface area contributed by atoms with Crippen LogP contribution in [0.5, 0.6) is 0 Å². The predicted octanol–water partition coefficient (Wildman–Crippen LogP) is 4.86. The fraction of sp³-hybridized carbons (Fsp3) is 0.227. The van der Waals surface area contributed by atoms with Crippen LogP contribution < -0.4 is 5.32 Å². The molecule has 0 saturated heterocycles. The molecule has 27 heavy (non-hydrogen) atoms. The summed E-state index contributed by atoms with van der Waals surface area (Å²) in [6, 6.07) is 16.0. The zero-order chi connectivity index (χ0) is 19.2. The van der Waals surface area contributed by atoms with Gasteiger partial charge in [-0.1, -0.05) is 44.2 Å². The average Bonchev–Trinajstić information content (AvgIpc) is 2.64. The summed E-state index contributed by atoms with van der Waals surface area (Å²) in [6.45, 7) is 3.99. The minimum absolute atomic E-state index is 0.0804. The third-order valence-electron chi connectivity index (χ3n) is 4.05. The second kappa shape index (κ2) is 8.54. The summed E-state index contributed by atoms with van der Waals surface area (Å²) >= 11 is 0. The number of benzene rings is 2. The Hall–Kier alpha value is -3.08. The maximum absolute atomic E-state index is 13.2. The number of hydrogen-bond acceptors (Lipinski definition) is 3. The van der Waals surface area contributed by atoms with E-state index in [9.17, 15) is 9.18 Å². The van der Waals surface area contributed by atoms with E-state index in [1.54, 1.807) is 18.3 Å². The molecule has 0 aliphatic rings. The van der Waals surface area contributed by atoms with Crippen LogP contribution in [0.4, 0.5) is 10.2 Å². The molecule has 0 bridgehead atoms. The lowest BCUT2D eigenvalue weighted by molar-refractivity contribution is -0.116. The molecule has 5 heteroatoms. The van der Waals surface area contributed by atoms with Crippen molar-refractivity contribution in [1.29, 1.82) is 0 Å². The van der Waals surface area contributed by atoms with Gasteiger partial charge in [0.2, 0.25) is 5.91 Å². The second-order valence-corrected chi connectivity index (χ2v) is 6.87. The Bertz CT molecular complexity index is 909. The topological polar surface area (TPSA) is 54.9 Å². The monoisotopic (exact) mass is 363 g/mol. The Morgan fingerprint density at radius 1 is 1.07 bits per heavy atom. The van der Waals surface area contributed by atoms with Crippen LogP contribution in [0.25, 0.3) is 11.3 Å². The van der Waals surface area contributed by atoms with Crippen molar-refractivity contribution in [3.63, 3.8) is 0 Å². The smallest absolute Gasteiger partial charge is 0.225 e. The van der Waals surface area contributed by atoms with Gasteiger partial charge >= 0.3 is 0 Å². The normalized spacial score (nSPS) is 10.8. The molecule has 0 fully saturated rings. The molecule has 0 unspecified atom stereocenters. The Balaban J connectivity index is 1.94. The first kappa shape index (κ1) is 18.7. The molecule has 0 radical (unpaired) electrons. The minimum Gasteiger partial charge on any atom is -0.309 e. The molecule has 0 atom stereocenters. The average molecular weight is 363 g/mol. The fourth-order valence-corrected chi connectivity index (χ4v) is 2.76. The predicted molar refractivity (Wildman–Crippen MR) is 105 cm³/mol. The number of hydrogen-bond donors (Lipinski definition) is 1. The standard InChI is InChI=1S/C22H22FN3O/c1-15(2)12-21(27)26-22-19(13-16-6-4-3-5-7-16)25-20(14-24-22)17-8-10-18(23)11-9-17/h3-11,14-15H,12-13H2,1-2H3,(H,24,26,27). The summed E-state index contributed by atoms with van der Waals surface area (Å²) in [6.07, 6.45) is 2.57. The van der Waals surface area contributed by atoms with Crippen LogP contribution in [-0.4, -0.2) is 15.9 Å². The van der Waals surface area contributed by atoms with Crippen LogP contribution in [0.1, 0.15) is 31.5 Å². The number of nitrogens with zero attached hydrogens (tertiary/aromatic N) is 2. The van der Waals surface area contributed by atoms with Crippen molar-refractivity contribution in [2.75, 3.05) is 5.32 Å². The van der Waals surface area contributed by atoms with E-state index in [4.69, 9.17) is 4.98 Å². The molecule has 0 aliphatic carbocycles. The summed E-state index contributed by atoms with van der Waals surface area (Å²) in [5.41, 5.74) is 3.17. The number of amides is 1. The number of halogens is 1. The number of carbonyl (C=O) groups is 1. The molecule has 2 aromatic carbocycles. The zero-order valence-electron chi connectivity index (χ0n) is 15.4. The molecule has 1 amide bonds. The summed E-state index contributed by atoms with van der Waals surface area (Å²) < 4.78 is 13.2. The Morgan fingerprint density at radius 2 is 1.78 bits per heavy atom. The van der Waals surface area contributed by atoms with Crippen molar-refractivity contribution >= 4 is 11.7 Å². The maximum atomic E-state index is 13.2. The second-order valence-electron chi connectivity index (χ2n) is 6.87. The van der Waals surface area contributed by atoms with Gasteiger partial charge in [-0.05, 0) is 35.7 Å². The number of rotatable bonds is 6. The molecule has 0 saturated carbocycles. The van der Waals surface area contributed by atoms with Crippen molar-refractivity contribution in [2.24, 2.45) is 5.92 Å². The van der Waals surface area contributed by atoms with Crippen molar-refractivity contribution in [3.05, 3.63) is 77.9 Å². The first-order chi connectivity index (χ1) is 13.0. The van der Waals surface area contributed by atoms with Crippen LogP contribution in [0.15, 0.2) is 60.8 Å². The van der Waals surface area contributed by atoms with Gasteiger partial charge in [0.25, 0.3) is 0 Å². The Kier molecular flexibility index (Phi) is 5.91. The highest BCUT2D eigenvalue weighted by Crippen LogP contribution is 2.22. The van der Waals surface area contributed by atoms with Crippen LogP contribution in [0, 0.1) is 11.7 Å². The third-order valence-corrected chi connectivity index (χ3v) is 4.05. The molecule has 1 aromatic heterocycles. The highest BCUT2D eigenvalue weighted by Gasteiger charge is 2.14. The van der Waals surface area contributed by atoms with E-state index in [2.05, 4.69) is 10.3 Å². The van der Waals surface area contributed by atoms with Gasteiger partial charge in [0, 0.05) is 18.4 Å². The van der Waals surface area contributed by atoms with Crippen LogP contribution in [0.3, 0.4) is 0 Å². The van der Waals surface area contributed by atoms with E-state index in [1.807, 2.05) is 44.2 Å². The van der Waals surface area contributed by atoms with Gasteiger partial charge in [0.1, 0.15) is 5.82 Å². The van der Waals surface area contributed by atoms with E-state index < -0.39 is 0 Å². The van der Waals surface area contributed by atoms with Gasteiger partial charge in [-0.2, -0.15) is 0 Å². The highest BCUT2D eigenvalue weighted by molar-refractivity contribution is 5.90. The Labute approximate surface area is 158 Å².